The van der Waals surface area contributed by atoms with E-state index in [0.717, 1.165) is 12.1 Å². The van der Waals surface area contributed by atoms with Gasteiger partial charge in [0.05, 0.1) is 5.56 Å². The Morgan fingerprint density at radius 1 is 1.38 bits per heavy atom. The lowest BCUT2D eigenvalue weighted by atomic mass is 10.1. The minimum Gasteiger partial charge on any atom is -0.352 e. The summed E-state index contributed by atoms with van der Waals surface area (Å²) in [5.74, 6) is -1.41. The predicted molar refractivity (Wildman–Crippen MR) is 48.9 cm³/mol. The van der Waals surface area contributed by atoms with Gasteiger partial charge in [0.2, 0.25) is 5.91 Å². The van der Waals surface area contributed by atoms with Crippen molar-refractivity contribution in [2.24, 2.45) is 0 Å². The second-order valence-corrected chi connectivity index (χ2v) is 3.21. The van der Waals surface area contributed by atoms with Crippen molar-refractivity contribution >= 4 is 5.91 Å². The van der Waals surface area contributed by atoms with E-state index in [1.165, 1.54) is 6.92 Å². The second kappa shape index (κ2) is 4.51. The van der Waals surface area contributed by atoms with Crippen LogP contribution in [0.15, 0.2) is 18.2 Å². The Morgan fingerprint density at radius 2 is 2.00 bits per heavy atom. The van der Waals surface area contributed by atoms with Gasteiger partial charge in [0.1, 0.15) is 5.82 Å². The number of hydrogen-bond donors (Lipinski definition) is 1. The van der Waals surface area contributed by atoms with Gasteiger partial charge >= 0.3 is 6.18 Å². The quantitative estimate of drug-likeness (QED) is 0.784. The topological polar surface area (TPSA) is 29.1 Å². The lowest BCUT2D eigenvalue weighted by Crippen LogP contribution is -2.21. The smallest absolute Gasteiger partial charge is 0.352 e. The average molecular weight is 235 g/mol. The maximum atomic E-state index is 12.7. The fourth-order valence-corrected chi connectivity index (χ4v) is 1.19. The van der Waals surface area contributed by atoms with Crippen LogP contribution in [0.25, 0.3) is 0 Å². The van der Waals surface area contributed by atoms with E-state index < -0.39 is 23.5 Å². The van der Waals surface area contributed by atoms with Crippen LogP contribution in [0, 0.1) is 5.82 Å². The largest absolute Gasteiger partial charge is 0.416 e. The molecule has 6 heteroatoms. The van der Waals surface area contributed by atoms with Gasteiger partial charge in [-0.15, -0.1) is 0 Å². The molecule has 0 radical (unpaired) electrons. The molecule has 1 aromatic rings. The SMILES string of the molecule is CC(=O)NCc1ccc(F)cc1C(F)(F)F. The second-order valence-electron chi connectivity index (χ2n) is 3.21. The van der Waals surface area contributed by atoms with Crippen LogP contribution in [0.4, 0.5) is 17.6 Å². The first-order chi connectivity index (χ1) is 7.30. The van der Waals surface area contributed by atoms with Crippen molar-refractivity contribution < 1.29 is 22.4 Å². The number of rotatable bonds is 2. The van der Waals surface area contributed by atoms with Crippen molar-refractivity contribution in [1.29, 1.82) is 0 Å². The van der Waals surface area contributed by atoms with E-state index in [0.29, 0.717) is 6.07 Å². The zero-order valence-corrected chi connectivity index (χ0v) is 8.36. The number of hydrogen-bond acceptors (Lipinski definition) is 1. The summed E-state index contributed by atoms with van der Waals surface area (Å²) in [6.07, 6.45) is -4.63. The molecule has 1 rings (SSSR count). The summed E-state index contributed by atoms with van der Waals surface area (Å²) >= 11 is 0. The summed E-state index contributed by atoms with van der Waals surface area (Å²) in [6.45, 7) is 0.918. The summed E-state index contributed by atoms with van der Waals surface area (Å²) < 4.78 is 50.1. The summed E-state index contributed by atoms with van der Waals surface area (Å²) in [4.78, 5) is 10.6. The molecule has 0 saturated carbocycles. The van der Waals surface area contributed by atoms with Gasteiger partial charge in [-0.1, -0.05) is 6.07 Å². The third-order valence-corrected chi connectivity index (χ3v) is 1.91. The van der Waals surface area contributed by atoms with Crippen LogP contribution in [0.2, 0.25) is 0 Å². The molecule has 1 amide bonds. The molecule has 0 aliphatic rings. The Labute approximate surface area is 89.3 Å². The first kappa shape index (κ1) is 12.5. The van der Waals surface area contributed by atoms with Crippen molar-refractivity contribution in [1.82, 2.24) is 5.32 Å². The van der Waals surface area contributed by atoms with Gasteiger partial charge < -0.3 is 5.32 Å². The van der Waals surface area contributed by atoms with Gasteiger partial charge in [-0.25, -0.2) is 4.39 Å². The van der Waals surface area contributed by atoms with E-state index in [1.54, 1.807) is 0 Å². The fourth-order valence-electron chi connectivity index (χ4n) is 1.19. The molecule has 0 spiro atoms. The molecular formula is C10H9F4NO. The van der Waals surface area contributed by atoms with Crippen molar-refractivity contribution in [3.63, 3.8) is 0 Å². The van der Waals surface area contributed by atoms with Gasteiger partial charge in [-0.2, -0.15) is 13.2 Å². The van der Waals surface area contributed by atoms with Crippen molar-refractivity contribution in [3.8, 4) is 0 Å². The molecular weight excluding hydrogens is 226 g/mol. The number of amides is 1. The molecule has 0 heterocycles. The molecule has 2 nitrogen and oxygen atoms in total. The molecule has 1 N–H and O–H groups in total. The number of alkyl halides is 3. The third kappa shape index (κ3) is 3.22. The van der Waals surface area contributed by atoms with E-state index in [-0.39, 0.29) is 12.1 Å². The highest BCUT2D eigenvalue weighted by Crippen LogP contribution is 2.32. The van der Waals surface area contributed by atoms with E-state index in [4.69, 9.17) is 0 Å². The van der Waals surface area contributed by atoms with E-state index in [2.05, 4.69) is 5.32 Å². The molecule has 0 bridgehead atoms. The van der Waals surface area contributed by atoms with Gasteiger partial charge in [0, 0.05) is 13.5 Å². The van der Waals surface area contributed by atoms with Crippen LogP contribution in [-0.2, 0) is 17.5 Å². The van der Waals surface area contributed by atoms with Crippen molar-refractivity contribution in [2.75, 3.05) is 0 Å². The maximum absolute atomic E-state index is 12.7. The van der Waals surface area contributed by atoms with Crippen LogP contribution < -0.4 is 5.32 Å². The lowest BCUT2D eigenvalue weighted by Gasteiger charge is -2.12. The highest BCUT2D eigenvalue weighted by molar-refractivity contribution is 5.72. The molecule has 0 aliphatic carbocycles. The first-order valence-electron chi connectivity index (χ1n) is 4.41. The molecule has 0 fully saturated rings. The van der Waals surface area contributed by atoms with Gasteiger partial charge in [-0.05, 0) is 17.7 Å². The van der Waals surface area contributed by atoms with Crippen LogP contribution >= 0.6 is 0 Å². The van der Waals surface area contributed by atoms with E-state index in [9.17, 15) is 22.4 Å². The van der Waals surface area contributed by atoms with Gasteiger partial charge in [-0.3, -0.25) is 4.79 Å². The van der Waals surface area contributed by atoms with Crippen molar-refractivity contribution in [3.05, 3.63) is 35.1 Å². The highest BCUT2D eigenvalue weighted by Gasteiger charge is 2.33. The number of carbonyl (C=O) groups excluding carboxylic acids is 1. The first-order valence-corrected chi connectivity index (χ1v) is 4.41. The minimum atomic E-state index is -4.63. The lowest BCUT2D eigenvalue weighted by molar-refractivity contribution is -0.138. The molecule has 0 aromatic heterocycles. The summed E-state index contributed by atoms with van der Waals surface area (Å²) in [5, 5.41) is 2.23. The zero-order valence-electron chi connectivity index (χ0n) is 8.36. The summed E-state index contributed by atoms with van der Waals surface area (Å²) in [7, 11) is 0. The molecule has 88 valence electrons. The molecule has 1 aromatic carbocycles. The van der Waals surface area contributed by atoms with Crippen molar-refractivity contribution in [2.45, 2.75) is 19.6 Å². The Morgan fingerprint density at radius 3 is 2.50 bits per heavy atom. The fraction of sp³-hybridized carbons (Fsp3) is 0.300. The highest BCUT2D eigenvalue weighted by atomic mass is 19.4. The molecule has 0 aliphatic heterocycles. The number of halogens is 4. The van der Waals surface area contributed by atoms with Crippen LogP contribution in [0.3, 0.4) is 0 Å². The summed E-state index contributed by atoms with van der Waals surface area (Å²) in [6, 6.07) is 2.34. The number of benzene rings is 1. The van der Waals surface area contributed by atoms with Crippen LogP contribution in [0.1, 0.15) is 18.1 Å². The molecule has 0 unspecified atom stereocenters. The summed E-state index contributed by atoms with van der Waals surface area (Å²) in [5.41, 5.74) is -1.23. The molecule has 16 heavy (non-hydrogen) atoms. The van der Waals surface area contributed by atoms with E-state index in [1.807, 2.05) is 0 Å². The van der Waals surface area contributed by atoms with Gasteiger partial charge in [0.15, 0.2) is 0 Å². The average Bonchev–Trinajstić information content (AvgIpc) is 2.14. The van der Waals surface area contributed by atoms with Crippen LogP contribution in [0.5, 0.6) is 0 Å². The zero-order chi connectivity index (χ0) is 12.3. The standard InChI is InChI=1S/C10H9F4NO/c1-6(16)15-5-7-2-3-8(11)4-9(7)10(12,13)14/h2-4H,5H2,1H3,(H,15,16). The normalized spacial score (nSPS) is 11.3. The Hall–Kier alpha value is -1.59. The predicted octanol–water partition coefficient (Wildman–Crippen LogP) is 2.48. The Balaban J connectivity index is 3.03. The maximum Gasteiger partial charge on any atom is 0.416 e. The van der Waals surface area contributed by atoms with Crippen LogP contribution in [-0.4, -0.2) is 5.91 Å². The number of carbonyl (C=O) groups is 1. The van der Waals surface area contributed by atoms with E-state index >= 15 is 0 Å². The monoisotopic (exact) mass is 235 g/mol. The Kier molecular flexibility index (Phi) is 3.51. The third-order valence-electron chi connectivity index (χ3n) is 1.91. The van der Waals surface area contributed by atoms with Gasteiger partial charge in [0.25, 0.3) is 0 Å². The molecule has 0 saturated heterocycles. The minimum absolute atomic E-state index is 0.163. The number of nitrogens with one attached hydrogen (secondary N) is 1. The Bertz CT molecular complexity index is 400. The molecule has 0 atom stereocenters.